The normalized spacial score (nSPS) is 16.6. The molecule has 0 aliphatic carbocycles. The molecule has 0 bridgehead atoms. The number of fused-ring (bicyclic) bond motifs is 1. The smallest absolute Gasteiger partial charge is 0.317 e. The lowest BCUT2D eigenvalue weighted by Gasteiger charge is -2.38. The summed E-state index contributed by atoms with van der Waals surface area (Å²) in [5.41, 5.74) is 1.02. The van der Waals surface area contributed by atoms with E-state index >= 15 is 0 Å². The van der Waals surface area contributed by atoms with E-state index in [0.717, 1.165) is 60.5 Å². The van der Waals surface area contributed by atoms with Gasteiger partial charge in [-0.25, -0.2) is 0 Å². The summed E-state index contributed by atoms with van der Waals surface area (Å²) in [6.45, 7) is 5.13. The van der Waals surface area contributed by atoms with Crippen molar-refractivity contribution >= 4 is 33.7 Å². The third-order valence-electron chi connectivity index (χ3n) is 5.04. The minimum Gasteiger partial charge on any atom is -0.479 e. The Bertz CT molecular complexity index is 936. The second-order valence-electron chi connectivity index (χ2n) is 6.65. The Morgan fingerprint density at radius 1 is 1.19 bits per heavy atom. The zero-order valence-electron chi connectivity index (χ0n) is 15.2. The minimum absolute atomic E-state index is 0.181. The van der Waals surface area contributed by atoms with Crippen LogP contribution in [0, 0.1) is 0 Å². The largest absolute Gasteiger partial charge is 0.479 e. The number of aldehydes is 1. The second kappa shape index (κ2) is 7.62. The topological polar surface area (TPSA) is 69.6 Å². The van der Waals surface area contributed by atoms with E-state index in [2.05, 4.69) is 32.8 Å². The number of aromatic nitrogens is 2. The summed E-state index contributed by atoms with van der Waals surface area (Å²) in [5.74, 6) is 0.787. The molecule has 0 amide bonds. The molecule has 140 valence electrons. The van der Waals surface area contributed by atoms with E-state index in [1.165, 1.54) is 4.88 Å². The predicted octanol–water partition coefficient (Wildman–Crippen LogP) is 3.02. The second-order valence-corrected chi connectivity index (χ2v) is 7.76. The summed E-state index contributed by atoms with van der Waals surface area (Å²) >= 11 is 1.60. The average molecular weight is 382 g/mol. The fourth-order valence-corrected chi connectivity index (χ4v) is 4.56. The highest BCUT2D eigenvalue weighted by Crippen LogP contribution is 2.33. The van der Waals surface area contributed by atoms with Gasteiger partial charge < -0.3 is 14.8 Å². The van der Waals surface area contributed by atoms with Gasteiger partial charge in [0.2, 0.25) is 0 Å². The number of thiophene rings is 1. The van der Waals surface area contributed by atoms with Crippen LogP contribution in [0.4, 0.5) is 5.82 Å². The van der Waals surface area contributed by atoms with E-state index in [-0.39, 0.29) is 12.1 Å². The Morgan fingerprint density at radius 3 is 2.59 bits per heavy atom. The third-order valence-corrected chi connectivity index (χ3v) is 6.21. The van der Waals surface area contributed by atoms with Crippen LogP contribution < -0.4 is 4.90 Å². The molecule has 27 heavy (non-hydrogen) atoms. The van der Waals surface area contributed by atoms with Gasteiger partial charge in [-0.1, -0.05) is 37.3 Å². The van der Waals surface area contributed by atoms with Crippen LogP contribution in [0.3, 0.4) is 0 Å². The number of benzene rings is 1. The molecule has 1 N–H and O–H groups in total. The highest BCUT2D eigenvalue weighted by molar-refractivity contribution is 7.18. The maximum absolute atomic E-state index is 11.7. The summed E-state index contributed by atoms with van der Waals surface area (Å²) in [7, 11) is 0. The van der Waals surface area contributed by atoms with E-state index in [1.54, 1.807) is 11.3 Å². The van der Waals surface area contributed by atoms with Crippen molar-refractivity contribution in [3.8, 4) is 6.01 Å². The van der Waals surface area contributed by atoms with Crippen LogP contribution in [0.15, 0.2) is 36.4 Å². The molecule has 1 fully saturated rings. The first-order valence-corrected chi connectivity index (χ1v) is 10.00. The van der Waals surface area contributed by atoms with Crippen LogP contribution in [0.25, 0.3) is 10.2 Å². The molecule has 1 aliphatic rings. The average Bonchev–Trinajstić information content (AvgIpc) is 3.12. The molecule has 1 saturated heterocycles. The van der Waals surface area contributed by atoms with E-state index < -0.39 is 0 Å². The maximum Gasteiger partial charge on any atom is 0.317 e. The maximum atomic E-state index is 11.7. The van der Waals surface area contributed by atoms with Crippen molar-refractivity contribution in [2.75, 3.05) is 31.1 Å². The van der Waals surface area contributed by atoms with Crippen LogP contribution in [0.2, 0.25) is 0 Å². The Kier molecular flexibility index (Phi) is 5.05. The number of nitrogens with zero attached hydrogens (tertiary/aromatic N) is 4. The van der Waals surface area contributed by atoms with Crippen molar-refractivity contribution in [1.82, 2.24) is 14.9 Å². The molecule has 2 aromatic heterocycles. The van der Waals surface area contributed by atoms with E-state index in [1.807, 2.05) is 30.3 Å². The number of aryl methyl sites for hydroxylation is 1. The highest BCUT2D eigenvalue weighted by atomic mass is 32.1. The van der Waals surface area contributed by atoms with Crippen molar-refractivity contribution in [3.05, 3.63) is 46.8 Å². The van der Waals surface area contributed by atoms with Gasteiger partial charge in [0, 0.05) is 31.1 Å². The molecule has 3 heterocycles. The van der Waals surface area contributed by atoms with E-state index in [0.29, 0.717) is 0 Å². The summed E-state index contributed by atoms with van der Waals surface area (Å²) in [5, 5.41) is 10.9. The zero-order chi connectivity index (χ0) is 18.8. The van der Waals surface area contributed by atoms with Gasteiger partial charge in [-0.05, 0) is 18.1 Å². The predicted molar refractivity (Wildman–Crippen MR) is 107 cm³/mol. The molecule has 0 radical (unpaired) electrons. The lowest BCUT2D eigenvalue weighted by molar-refractivity contribution is -0.112. The molecule has 1 unspecified atom stereocenters. The van der Waals surface area contributed by atoms with Crippen molar-refractivity contribution in [2.45, 2.75) is 19.4 Å². The Labute approximate surface area is 162 Å². The summed E-state index contributed by atoms with van der Waals surface area (Å²) in [6, 6.07) is 11.6. The molecule has 0 spiro atoms. The van der Waals surface area contributed by atoms with Crippen LogP contribution >= 0.6 is 11.3 Å². The van der Waals surface area contributed by atoms with Gasteiger partial charge in [0.25, 0.3) is 0 Å². The van der Waals surface area contributed by atoms with Crippen molar-refractivity contribution in [3.63, 3.8) is 0 Å². The molecule has 4 rings (SSSR count). The number of aromatic hydroxyl groups is 1. The molecule has 1 atom stereocenters. The quantitative estimate of drug-likeness (QED) is 0.684. The van der Waals surface area contributed by atoms with Crippen molar-refractivity contribution in [1.29, 1.82) is 0 Å². The molecular weight excluding hydrogens is 360 g/mol. The Morgan fingerprint density at radius 2 is 1.93 bits per heavy atom. The van der Waals surface area contributed by atoms with Gasteiger partial charge in [-0.2, -0.15) is 9.97 Å². The summed E-state index contributed by atoms with van der Waals surface area (Å²) in [4.78, 5) is 26.6. The monoisotopic (exact) mass is 382 g/mol. The number of piperazine rings is 1. The Hall–Kier alpha value is -2.51. The van der Waals surface area contributed by atoms with E-state index in [4.69, 9.17) is 0 Å². The van der Waals surface area contributed by atoms with Crippen LogP contribution in [-0.4, -0.2) is 52.4 Å². The van der Waals surface area contributed by atoms with Crippen molar-refractivity contribution < 1.29 is 9.90 Å². The molecule has 6 nitrogen and oxygen atoms in total. The number of carbonyl (C=O) groups excluding carboxylic acids is 1. The van der Waals surface area contributed by atoms with Gasteiger partial charge >= 0.3 is 6.01 Å². The van der Waals surface area contributed by atoms with Gasteiger partial charge in [-0.3, -0.25) is 4.90 Å². The van der Waals surface area contributed by atoms with Crippen LogP contribution in [0.1, 0.15) is 23.4 Å². The SMILES string of the molecule is CCc1cc2c(N3CCN(C(C=O)c4ccccc4)CC3)nc(O)nc2s1. The van der Waals surface area contributed by atoms with Crippen LogP contribution in [0.5, 0.6) is 6.01 Å². The fourth-order valence-electron chi connectivity index (χ4n) is 3.60. The number of carbonyl (C=O) groups is 1. The fraction of sp³-hybridized carbons (Fsp3) is 0.350. The van der Waals surface area contributed by atoms with Crippen LogP contribution in [-0.2, 0) is 11.2 Å². The zero-order valence-corrected chi connectivity index (χ0v) is 16.0. The molecule has 3 aromatic rings. The number of hydrogen-bond acceptors (Lipinski definition) is 7. The Balaban J connectivity index is 1.55. The first-order valence-electron chi connectivity index (χ1n) is 9.18. The molecular formula is C20H22N4O2S. The lowest BCUT2D eigenvalue weighted by Crippen LogP contribution is -2.48. The van der Waals surface area contributed by atoms with Gasteiger partial charge in [-0.15, -0.1) is 11.3 Å². The van der Waals surface area contributed by atoms with Gasteiger partial charge in [0.05, 0.1) is 11.4 Å². The standard InChI is InChI=1S/C20H22N4O2S/c1-2-15-12-16-18(21-20(26)22-19(16)27-15)24-10-8-23(9-11-24)17(13-25)14-6-4-3-5-7-14/h3-7,12-13,17H,2,8-11H2,1H3,(H,21,22,26). The summed E-state index contributed by atoms with van der Waals surface area (Å²) in [6.07, 6.45) is 1.96. The van der Waals surface area contributed by atoms with E-state index in [9.17, 15) is 9.90 Å². The summed E-state index contributed by atoms with van der Waals surface area (Å²) < 4.78 is 0. The lowest BCUT2D eigenvalue weighted by atomic mass is 10.1. The molecule has 1 aliphatic heterocycles. The van der Waals surface area contributed by atoms with Crippen molar-refractivity contribution in [2.24, 2.45) is 0 Å². The van der Waals surface area contributed by atoms with Gasteiger partial charge in [0.1, 0.15) is 16.9 Å². The first-order chi connectivity index (χ1) is 13.2. The minimum atomic E-state index is -0.222. The van der Waals surface area contributed by atoms with Gasteiger partial charge in [0.15, 0.2) is 0 Å². The number of rotatable bonds is 5. The highest BCUT2D eigenvalue weighted by Gasteiger charge is 2.26. The number of anilines is 1. The number of hydrogen-bond donors (Lipinski definition) is 1. The molecule has 1 aromatic carbocycles. The molecule has 7 heteroatoms. The first kappa shape index (κ1) is 17.9. The molecule has 0 saturated carbocycles. The third kappa shape index (κ3) is 3.52.